The number of amides is 2. The predicted octanol–water partition coefficient (Wildman–Crippen LogP) is 4.20. The molecule has 0 saturated carbocycles. The number of hydrogen-bond acceptors (Lipinski definition) is 5. The third kappa shape index (κ3) is 8.33. The number of nitrogens with one attached hydrogen (secondary N) is 1. The lowest BCUT2D eigenvalue weighted by molar-refractivity contribution is -0.141. The van der Waals surface area contributed by atoms with Crippen molar-refractivity contribution >= 4 is 11.8 Å². The lowest BCUT2D eigenvalue weighted by Gasteiger charge is -2.31. The van der Waals surface area contributed by atoms with Crippen LogP contribution in [0.15, 0.2) is 48.5 Å². The molecule has 0 heterocycles. The summed E-state index contributed by atoms with van der Waals surface area (Å²) in [6.07, 6.45) is 2.21. The molecule has 2 aromatic rings. The zero-order valence-electron chi connectivity index (χ0n) is 20.1. The number of ether oxygens (including phenoxy) is 3. The van der Waals surface area contributed by atoms with Crippen molar-refractivity contribution in [1.82, 2.24) is 10.2 Å². The van der Waals surface area contributed by atoms with E-state index >= 15 is 0 Å². The minimum atomic E-state index is -0.530. The first kappa shape index (κ1) is 26.0. The number of rotatable bonds is 14. The van der Waals surface area contributed by atoms with Gasteiger partial charge < -0.3 is 24.4 Å². The van der Waals surface area contributed by atoms with E-state index in [1.54, 1.807) is 19.1 Å². The second kappa shape index (κ2) is 14.0. The molecule has 0 aliphatic heterocycles. The average molecular weight is 457 g/mol. The van der Waals surface area contributed by atoms with Crippen molar-refractivity contribution < 1.29 is 23.8 Å². The van der Waals surface area contributed by atoms with Crippen LogP contribution >= 0.6 is 0 Å². The predicted molar refractivity (Wildman–Crippen MR) is 129 cm³/mol. The van der Waals surface area contributed by atoms with E-state index in [9.17, 15) is 9.59 Å². The summed E-state index contributed by atoms with van der Waals surface area (Å²) in [5, 5.41) is 2.93. The Bertz CT molecular complexity index is 869. The number of carbonyl (C=O) groups excluding carboxylic acids is 2. The Hall–Kier alpha value is -3.22. The molecule has 1 atom stereocenters. The van der Waals surface area contributed by atoms with Gasteiger partial charge in [-0.1, -0.05) is 26.0 Å². The monoisotopic (exact) mass is 456 g/mol. The Balaban J connectivity index is 2.04. The van der Waals surface area contributed by atoms with E-state index in [1.165, 1.54) is 0 Å². The average Bonchev–Trinajstić information content (AvgIpc) is 2.85. The minimum Gasteiger partial charge on any atom is -0.497 e. The summed E-state index contributed by atoms with van der Waals surface area (Å²) in [6, 6.07) is 14.4. The SMILES string of the molecule is CCCNC(=O)[C@H](CC)N(Cc1cccc(OC)c1)C(=O)CCCOc1ccc(OC)cc1. The Morgan fingerprint density at radius 2 is 1.67 bits per heavy atom. The third-order valence-electron chi connectivity index (χ3n) is 5.29. The van der Waals surface area contributed by atoms with Gasteiger partial charge in [0.15, 0.2) is 0 Å². The maximum Gasteiger partial charge on any atom is 0.242 e. The van der Waals surface area contributed by atoms with Gasteiger partial charge in [-0.25, -0.2) is 0 Å². The van der Waals surface area contributed by atoms with Gasteiger partial charge in [-0.05, 0) is 61.2 Å². The van der Waals surface area contributed by atoms with Gasteiger partial charge in [-0.2, -0.15) is 0 Å². The summed E-state index contributed by atoms with van der Waals surface area (Å²) in [6.45, 7) is 5.27. The standard InChI is InChI=1S/C26H36N2O5/c1-5-16-27-26(30)24(6-2)28(19-20-9-7-10-23(18-20)32-4)25(29)11-8-17-33-22-14-12-21(31-3)13-15-22/h7,9-10,12-15,18,24H,5-6,8,11,16-17,19H2,1-4H3,(H,27,30)/t24-/m0/s1. The highest BCUT2D eigenvalue weighted by atomic mass is 16.5. The topological polar surface area (TPSA) is 77.1 Å². The molecule has 0 aliphatic rings. The van der Waals surface area contributed by atoms with Crippen molar-refractivity contribution in [2.24, 2.45) is 0 Å². The molecule has 0 radical (unpaired) electrons. The molecule has 1 N–H and O–H groups in total. The fourth-order valence-electron chi connectivity index (χ4n) is 3.48. The quantitative estimate of drug-likeness (QED) is 0.431. The van der Waals surface area contributed by atoms with Crippen LogP contribution in [-0.4, -0.2) is 50.1 Å². The fourth-order valence-corrected chi connectivity index (χ4v) is 3.48. The molecule has 0 aliphatic carbocycles. The van der Waals surface area contributed by atoms with Crippen LogP contribution in [0.5, 0.6) is 17.2 Å². The molecule has 2 aromatic carbocycles. The van der Waals surface area contributed by atoms with Crippen LogP contribution in [0.4, 0.5) is 0 Å². The van der Waals surface area contributed by atoms with Gasteiger partial charge in [0.05, 0.1) is 20.8 Å². The van der Waals surface area contributed by atoms with Crippen molar-refractivity contribution in [3.63, 3.8) is 0 Å². The molecule has 0 unspecified atom stereocenters. The van der Waals surface area contributed by atoms with Crippen molar-refractivity contribution in [2.75, 3.05) is 27.4 Å². The van der Waals surface area contributed by atoms with Crippen molar-refractivity contribution in [3.8, 4) is 17.2 Å². The van der Waals surface area contributed by atoms with Crippen LogP contribution < -0.4 is 19.5 Å². The van der Waals surface area contributed by atoms with Crippen LogP contribution in [0.2, 0.25) is 0 Å². The maximum atomic E-state index is 13.2. The van der Waals surface area contributed by atoms with E-state index in [2.05, 4.69) is 5.32 Å². The van der Waals surface area contributed by atoms with E-state index in [0.717, 1.165) is 29.2 Å². The molecule has 180 valence electrons. The highest BCUT2D eigenvalue weighted by Gasteiger charge is 2.28. The van der Waals surface area contributed by atoms with Gasteiger partial charge in [0, 0.05) is 19.5 Å². The van der Waals surface area contributed by atoms with Gasteiger partial charge in [0.1, 0.15) is 23.3 Å². The normalized spacial score (nSPS) is 11.4. The second-order valence-electron chi connectivity index (χ2n) is 7.72. The van der Waals surface area contributed by atoms with Gasteiger partial charge in [-0.3, -0.25) is 9.59 Å². The summed E-state index contributed by atoms with van der Waals surface area (Å²) >= 11 is 0. The highest BCUT2D eigenvalue weighted by Crippen LogP contribution is 2.19. The number of hydrogen-bond donors (Lipinski definition) is 1. The van der Waals surface area contributed by atoms with Crippen LogP contribution in [0.3, 0.4) is 0 Å². The molecule has 33 heavy (non-hydrogen) atoms. The number of nitrogens with zero attached hydrogens (tertiary/aromatic N) is 1. The zero-order chi connectivity index (χ0) is 24.1. The van der Waals surface area contributed by atoms with E-state index < -0.39 is 6.04 Å². The molecule has 0 aromatic heterocycles. The van der Waals surface area contributed by atoms with E-state index in [0.29, 0.717) is 32.5 Å². The van der Waals surface area contributed by atoms with Gasteiger partial charge in [0.25, 0.3) is 0 Å². The number of carbonyl (C=O) groups is 2. The summed E-state index contributed by atoms with van der Waals surface area (Å²) in [5.74, 6) is 2.01. The first-order chi connectivity index (χ1) is 16.0. The molecule has 2 rings (SSSR count). The van der Waals surface area contributed by atoms with Crippen LogP contribution in [-0.2, 0) is 16.1 Å². The van der Waals surface area contributed by atoms with Crippen molar-refractivity contribution in [3.05, 3.63) is 54.1 Å². The molecule has 7 nitrogen and oxygen atoms in total. The Morgan fingerprint density at radius 3 is 2.30 bits per heavy atom. The summed E-state index contributed by atoms with van der Waals surface area (Å²) < 4.78 is 16.2. The van der Waals surface area contributed by atoms with Gasteiger partial charge in [0.2, 0.25) is 11.8 Å². The lowest BCUT2D eigenvalue weighted by atomic mass is 10.1. The molecule has 2 amide bonds. The molecular formula is C26H36N2O5. The largest absolute Gasteiger partial charge is 0.497 e. The van der Waals surface area contributed by atoms with Gasteiger partial charge in [-0.15, -0.1) is 0 Å². The first-order valence-electron chi connectivity index (χ1n) is 11.5. The van der Waals surface area contributed by atoms with Gasteiger partial charge >= 0.3 is 0 Å². The van der Waals surface area contributed by atoms with Crippen LogP contribution in [0, 0.1) is 0 Å². The third-order valence-corrected chi connectivity index (χ3v) is 5.29. The summed E-state index contributed by atoms with van der Waals surface area (Å²) in [5.41, 5.74) is 0.916. The molecule has 0 spiro atoms. The van der Waals surface area contributed by atoms with Crippen molar-refractivity contribution in [1.29, 1.82) is 0 Å². The maximum absolute atomic E-state index is 13.2. The molecule has 0 saturated heterocycles. The van der Waals surface area contributed by atoms with Crippen LogP contribution in [0.1, 0.15) is 45.1 Å². The molecule has 0 fully saturated rings. The zero-order valence-corrected chi connectivity index (χ0v) is 20.1. The second-order valence-corrected chi connectivity index (χ2v) is 7.72. The fraction of sp³-hybridized carbons (Fsp3) is 0.462. The molecule has 0 bridgehead atoms. The van der Waals surface area contributed by atoms with E-state index in [4.69, 9.17) is 14.2 Å². The molecular weight excluding hydrogens is 420 g/mol. The highest BCUT2D eigenvalue weighted by molar-refractivity contribution is 5.87. The van der Waals surface area contributed by atoms with Crippen molar-refractivity contribution in [2.45, 2.75) is 52.1 Å². The minimum absolute atomic E-state index is 0.0744. The Labute approximate surface area is 197 Å². The molecule has 7 heteroatoms. The Morgan fingerprint density at radius 1 is 0.970 bits per heavy atom. The summed E-state index contributed by atoms with van der Waals surface area (Å²) in [7, 11) is 3.22. The lowest BCUT2D eigenvalue weighted by Crippen LogP contribution is -2.49. The van der Waals surface area contributed by atoms with E-state index in [-0.39, 0.29) is 18.2 Å². The Kier molecular flexibility index (Phi) is 11.1. The van der Waals surface area contributed by atoms with E-state index in [1.807, 2.05) is 62.4 Å². The summed E-state index contributed by atoms with van der Waals surface area (Å²) in [4.78, 5) is 27.7. The first-order valence-corrected chi connectivity index (χ1v) is 11.5. The number of benzene rings is 2. The smallest absolute Gasteiger partial charge is 0.242 e. The van der Waals surface area contributed by atoms with Crippen LogP contribution in [0.25, 0.3) is 0 Å². The number of methoxy groups -OCH3 is 2.